The molecule has 1 heterocycles. The van der Waals surface area contributed by atoms with Gasteiger partial charge in [0.25, 0.3) is 0 Å². The topological polar surface area (TPSA) is 30.5 Å². The highest BCUT2D eigenvalue weighted by Gasteiger charge is 2.34. The summed E-state index contributed by atoms with van der Waals surface area (Å²) in [5.41, 5.74) is 1.53. The minimum absolute atomic E-state index is 0.273. The van der Waals surface area contributed by atoms with E-state index in [1.54, 1.807) is 0 Å². The van der Waals surface area contributed by atoms with Crippen LogP contribution in [0.25, 0.3) is 0 Å². The van der Waals surface area contributed by atoms with Crippen molar-refractivity contribution in [2.24, 2.45) is 5.41 Å². The molecule has 2 fully saturated rings. The van der Waals surface area contributed by atoms with Crippen LogP contribution < -0.4 is 5.32 Å². The summed E-state index contributed by atoms with van der Waals surface area (Å²) in [7, 11) is 0. The van der Waals surface area contributed by atoms with E-state index >= 15 is 0 Å². The molecule has 1 saturated carbocycles. The molecule has 0 unspecified atom stereocenters. The van der Waals surface area contributed by atoms with E-state index in [-0.39, 0.29) is 5.41 Å². The SMILES string of the molecule is c1ccc(COCC2(CNC3CC3)CCOCC2)cc1. The Hall–Kier alpha value is -0.900. The summed E-state index contributed by atoms with van der Waals surface area (Å²) < 4.78 is 11.5. The lowest BCUT2D eigenvalue weighted by Gasteiger charge is -2.37. The molecule has 3 rings (SSSR count). The van der Waals surface area contributed by atoms with Crippen LogP contribution in [0.3, 0.4) is 0 Å². The van der Waals surface area contributed by atoms with E-state index in [2.05, 4.69) is 29.6 Å². The molecule has 0 amide bonds. The van der Waals surface area contributed by atoms with Crippen LogP contribution in [0.4, 0.5) is 0 Å². The van der Waals surface area contributed by atoms with E-state index in [9.17, 15) is 0 Å². The zero-order valence-electron chi connectivity index (χ0n) is 12.1. The lowest BCUT2D eigenvalue weighted by atomic mass is 9.81. The zero-order chi connectivity index (χ0) is 13.7. The Morgan fingerprint density at radius 1 is 1.15 bits per heavy atom. The fourth-order valence-electron chi connectivity index (χ4n) is 2.78. The fourth-order valence-corrected chi connectivity index (χ4v) is 2.78. The lowest BCUT2D eigenvalue weighted by Crippen LogP contribution is -2.43. The van der Waals surface area contributed by atoms with Crippen molar-refractivity contribution in [3.63, 3.8) is 0 Å². The van der Waals surface area contributed by atoms with Crippen LogP contribution in [-0.2, 0) is 16.1 Å². The Balaban J connectivity index is 1.49. The average Bonchev–Trinajstić information content (AvgIpc) is 3.32. The molecule has 3 heteroatoms. The van der Waals surface area contributed by atoms with Crippen LogP contribution in [0.15, 0.2) is 30.3 Å². The summed E-state index contributed by atoms with van der Waals surface area (Å²) in [4.78, 5) is 0. The number of benzene rings is 1. The molecule has 1 N–H and O–H groups in total. The van der Waals surface area contributed by atoms with Crippen LogP contribution in [0.1, 0.15) is 31.2 Å². The molecule has 0 radical (unpaired) electrons. The van der Waals surface area contributed by atoms with Gasteiger partial charge in [-0.2, -0.15) is 0 Å². The second kappa shape index (κ2) is 6.70. The van der Waals surface area contributed by atoms with Gasteiger partial charge < -0.3 is 14.8 Å². The van der Waals surface area contributed by atoms with Crippen molar-refractivity contribution in [1.29, 1.82) is 0 Å². The summed E-state index contributed by atoms with van der Waals surface area (Å²) >= 11 is 0. The second-order valence-corrected chi connectivity index (χ2v) is 6.25. The zero-order valence-corrected chi connectivity index (χ0v) is 12.1. The maximum Gasteiger partial charge on any atom is 0.0717 e. The van der Waals surface area contributed by atoms with E-state index in [4.69, 9.17) is 9.47 Å². The van der Waals surface area contributed by atoms with Gasteiger partial charge in [0.2, 0.25) is 0 Å². The van der Waals surface area contributed by atoms with Crippen molar-refractivity contribution >= 4 is 0 Å². The molecule has 1 aromatic carbocycles. The minimum Gasteiger partial charge on any atom is -0.381 e. The summed E-state index contributed by atoms with van der Waals surface area (Å²) in [6.07, 6.45) is 4.91. The molecule has 1 aliphatic carbocycles. The number of ether oxygens (including phenoxy) is 2. The van der Waals surface area contributed by atoms with Crippen LogP contribution in [0.5, 0.6) is 0 Å². The molecule has 110 valence electrons. The van der Waals surface area contributed by atoms with E-state index in [1.165, 1.54) is 18.4 Å². The van der Waals surface area contributed by atoms with Gasteiger partial charge in [-0.1, -0.05) is 30.3 Å². The third kappa shape index (κ3) is 4.05. The first-order chi connectivity index (χ1) is 9.86. The van der Waals surface area contributed by atoms with Crippen LogP contribution in [0, 0.1) is 5.41 Å². The standard InChI is InChI=1S/C17H25NO2/c1-2-4-15(5-3-1)12-20-14-17(8-10-19-11-9-17)13-18-16-6-7-16/h1-5,16,18H,6-14H2. The van der Waals surface area contributed by atoms with Crippen LogP contribution in [0.2, 0.25) is 0 Å². The molecule has 3 nitrogen and oxygen atoms in total. The van der Waals surface area contributed by atoms with Gasteiger partial charge in [0, 0.05) is 31.2 Å². The van der Waals surface area contributed by atoms with Gasteiger partial charge in [0.05, 0.1) is 13.2 Å². The minimum atomic E-state index is 0.273. The van der Waals surface area contributed by atoms with Crippen molar-refractivity contribution in [1.82, 2.24) is 5.32 Å². The van der Waals surface area contributed by atoms with E-state index in [1.807, 2.05) is 6.07 Å². The molecule has 0 bridgehead atoms. The Morgan fingerprint density at radius 2 is 1.90 bits per heavy atom. The van der Waals surface area contributed by atoms with Crippen LogP contribution in [-0.4, -0.2) is 32.4 Å². The van der Waals surface area contributed by atoms with Crippen molar-refractivity contribution in [3.8, 4) is 0 Å². The van der Waals surface area contributed by atoms with Crippen LogP contribution >= 0.6 is 0 Å². The van der Waals surface area contributed by atoms with E-state index in [0.29, 0.717) is 6.61 Å². The van der Waals surface area contributed by atoms with E-state index < -0.39 is 0 Å². The van der Waals surface area contributed by atoms with Gasteiger partial charge in [0.15, 0.2) is 0 Å². The van der Waals surface area contributed by atoms with Gasteiger partial charge in [0.1, 0.15) is 0 Å². The Kier molecular flexibility index (Phi) is 4.71. The van der Waals surface area contributed by atoms with Gasteiger partial charge in [-0.3, -0.25) is 0 Å². The molecular weight excluding hydrogens is 250 g/mol. The van der Waals surface area contributed by atoms with Gasteiger partial charge in [-0.25, -0.2) is 0 Å². The number of hydrogen-bond acceptors (Lipinski definition) is 3. The molecular formula is C17H25NO2. The first-order valence-electron chi connectivity index (χ1n) is 7.79. The highest BCUT2D eigenvalue weighted by atomic mass is 16.5. The number of rotatable bonds is 7. The first kappa shape index (κ1) is 14.1. The largest absolute Gasteiger partial charge is 0.381 e. The molecule has 1 aromatic rings. The molecule has 1 aliphatic heterocycles. The Labute approximate surface area is 121 Å². The molecule has 2 aliphatic rings. The maximum absolute atomic E-state index is 6.02. The fraction of sp³-hybridized carbons (Fsp3) is 0.647. The van der Waals surface area contributed by atoms with Gasteiger partial charge in [-0.15, -0.1) is 0 Å². The lowest BCUT2D eigenvalue weighted by molar-refractivity contribution is -0.0431. The molecule has 0 spiro atoms. The van der Waals surface area contributed by atoms with Gasteiger partial charge >= 0.3 is 0 Å². The quantitative estimate of drug-likeness (QED) is 0.830. The number of hydrogen-bond donors (Lipinski definition) is 1. The summed E-state index contributed by atoms with van der Waals surface area (Å²) in [5, 5.41) is 3.68. The molecule has 0 atom stereocenters. The summed E-state index contributed by atoms with van der Waals surface area (Å²) in [6, 6.07) is 11.2. The monoisotopic (exact) mass is 275 g/mol. The predicted molar refractivity (Wildman–Crippen MR) is 79.6 cm³/mol. The molecule has 0 aromatic heterocycles. The third-order valence-electron chi connectivity index (χ3n) is 4.42. The Bertz CT molecular complexity index is 397. The third-order valence-corrected chi connectivity index (χ3v) is 4.42. The predicted octanol–water partition coefficient (Wildman–Crippen LogP) is 2.75. The van der Waals surface area contributed by atoms with Gasteiger partial charge in [-0.05, 0) is 31.2 Å². The normalized spacial score (nSPS) is 21.8. The number of nitrogens with one attached hydrogen (secondary N) is 1. The van der Waals surface area contributed by atoms with Crippen molar-refractivity contribution < 1.29 is 9.47 Å². The molecule has 1 saturated heterocycles. The smallest absolute Gasteiger partial charge is 0.0717 e. The highest BCUT2D eigenvalue weighted by Crippen LogP contribution is 2.32. The second-order valence-electron chi connectivity index (χ2n) is 6.25. The first-order valence-corrected chi connectivity index (χ1v) is 7.79. The average molecular weight is 275 g/mol. The van der Waals surface area contributed by atoms with Crippen molar-refractivity contribution in [2.45, 2.75) is 38.3 Å². The van der Waals surface area contributed by atoms with E-state index in [0.717, 1.165) is 45.2 Å². The highest BCUT2D eigenvalue weighted by molar-refractivity contribution is 5.13. The Morgan fingerprint density at radius 3 is 2.60 bits per heavy atom. The summed E-state index contributed by atoms with van der Waals surface area (Å²) in [5.74, 6) is 0. The van der Waals surface area contributed by atoms with Crippen molar-refractivity contribution in [3.05, 3.63) is 35.9 Å². The van der Waals surface area contributed by atoms with Crippen molar-refractivity contribution in [2.75, 3.05) is 26.4 Å². The maximum atomic E-state index is 6.02. The summed E-state index contributed by atoms with van der Waals surface area (Å²) in [6.45, 7) is 4.38. The molecule has 20 heavy (non-hydrogen) atoms.